The molecule has 29 heavy (non-hydrogen) atoms. The minimum absolute atomic E-state index is 0.0205. The molecule has 1 fully saturated rings. The molecule has 0 bridgehead atoms. The minimum Gasteiger partial charge on any atom is -0.497 e. The SMILES string of the molecule is COc1cccc(C2CN(C(=O)c3cccc(Cl)c3)CC2C(=O)NCC(C)C)c1. The minimum atomic E-state index is -0.316. The van der Waals surface area contributed by atoms with Gasteiger partial charge in [-0.3, -0.25) is 9.59 Å². The number of benzene rings is 2. The van der Waals surface area contributed by atoms with Crippen LogP contribution in [0.15, 0.2) is 48.5 Å². The summed E-state index contributed by atoms with van der Waals surface area (Å²) in [4.78, 5) is 27.7. The molecule has 2 aromatic carbocycles. The van der Waals surface area contributed by atoms with Crippen molar-refractivity contribution in [1.29, 1.82) is 0 Å². The Morgan fingerprint density at radius 3 is 2.62 bits per heavy atom. The second-order valence-electron chi connectivity index (χ2n) is 7.85. The summed E-state index contributed by atoms with van der Waals surface area (Å²) in [6, 6.07) is 14.6. The number of carbonyl (C=O) groups is 2. The van der Waals surface area contributed by atoms with Gasteiger partial charge in [0.1, 0.15) is 5.75 Å². The summed E-state index contributed by atoms with van der Waals surface area (Å²) in [5, 5.41) is 3.55. The predicted molar refractivity (Wildman–Crippen MR) is 114 cm³/mol. The van der Waals surface area contributed by atoms with E-state index < -0.39 is 0 Å². The molecule has 154 valence electrons. The van der Waals surface area contributed by atoms with Crippen LogP contribution in [-0.2, 0) is 4.79 Å². The Morgan fingerprint density at radius 1 is 1.17 bits per heavy atom. The molecule has 2 atom stereocenters. The lowest BCUT2D eigenvalue weighted by molar-refractivity contribution is -0.125. The van der Waals surface area contributed by atoms with E-state index in [4.69, 9.17) is 16.3 Å². The van der Waals surface area contributed by atoms with Crippen LogP contribution < -0.4 is 10.1 Å². The fourth-order valence-corrected chi connectivity index (χ4v) is 3.88. The molecule has 0 aliphatic carbocycles. The maximum absolute atomic E-state index is 13.0. The molecular weight excluding hydrogens is 388 g/mol. The normalized spacial score (nSPS) is 18.7. The zero-order chi connectivity index (χ0) is 21.0. The van der Waals surface area contributed by atoms with Gasteiger partial charge in [-0.1, -0.05) is 43.6 Å². The van der Waals surface area contributed by atoms with Crippen LogP contribution in [0.3, 0.4) is 0 Å². The molecule has 2 amide bonds. The van der Waals surface area contributed by atoms with Gasteiger partial charge in [-0.05, 0) is 41.8 Å². The fourth-order valence-electron chi connectivity index (χ4n) is 3.69. The van der Waals surface area contributed by atoms with Crippen molar-refractivity contribution in [3.63, 3.8) is 0 Å². The Hall–Kier alpha value is -2.53. The number of carbonyl (C=O) groups excluding carboxylic acids is 2. The van der Waals surface area contributed by atoms with E-state index >= 15 is 0 Å². The molecule has 1 aliphatic heterocycles. The van der Waals surface area contributed by atoms with E-state index in [0.29, 0.717) is 36.1 Å². The third kappa shape index (κ3) is 5.10. The van der Waals surface area contributed by atoms with Gasteiger partial charge in [-0.15, -0.1) is 0 Å². The Labute approximate surface area is 177 Å². The number of hydrogen-bond acceptors (Lipinski definition) is 3. The van der Waals surface area contributed by atoms with Crippen molar-refractivity contribution in [3.8, 4) is 5.75 Å². The number of nitrogens with one attached hydrogen (secondary N) is 1. The molecule has 1 N–H and O–H groups in total. The number of methoxy groups -OCH3 is 1. The number of ether oxygens (including phenoxy) is 1. The van der Waals surface area contributed by atoms with Crippen LogP contribution in [0.2, 0.25) is 5.02 Å². The molecule has 1 aliphatic rings. The molecular formula is C23H27ClN2O3. The standard InChI is InChI=1S/C23H27ClN2O3/c1-15(2)12-25-22(27)21-14-26(23(28)17-7-4-8-18(24)10-17)13-20(21)16-6-5-9-19(11-16)29-3/h4-11,15,20-21H,12-14H2,1-3H3,(H,25,27). The van der Waals surface area contributed by atoms with Gasteiger partial charge in [0.15, 0.2) is 0 Å². The van der Waals surface area contributed by atoms with Crippen molar-refractivity contribution in [2.75, 3.05) is 26.7 Å². The second-order valence-corrected chi connectivity index (χ2v) is 8.29. The zero-order valence-electron chi connectivity index (χ0n) is 17.0. The number of likely N-dealkylation sites (tertiary alicyclic amines) is 1. The molecule has 0 saturated carbocycles. The number of rotatable bonds is 6. The van der Waals surface area contributed by atoms with Crippen LogP contribution in [0.4, 0.5) is 0 Å². The van der Waals surface area contributed by atoms with Crippen LogP contribution in [0.5, 0.6) is 5.75 Å². The maximum atomic E-state index is 13.0. The second kappa shape index (κ2) is 9.31. The lowest BCUT2D eigenvalue weighted by atomic mass is 9.88. The Morgan fingerprint density at radius 2 is 1.93 bits per heavy atom. The highest BCUT2D eigenvalue weighted by molar-refractivity contribution is 6.30. The van der Waals surface area contributed by atoms with Crippen molar-refractivity contribution in [1.82, 2.24) is 10.2 Å². The Kier molecular flexibility index (Phi) is 6.80. The van der Waals surface area contributed by atoms with Crippen molar-refractivity contribution >= 4 is 23.4 Å². The van der Waals surface area contributed by atoms with E-state index in [2.05, 4.69) is 19.2 Å². The van der Waals surface area contributed by atoms with Crippen LogP contribution >= 0.6 is 11.6 Å². The molecule has 0 aromatic heterocycles. The van der Waals surface area contributed by atoms with Crippen molar-refractivity contribution in [2.45, 2.75) is 19.8 Å². The maximum Gasteiger partial charge on any atom is 0.253 e. The fraction of sp³-hybridized carbons (Fsp3) is 0.391. The first-order valence-corrected chi connectivity index (χ1v) is 10.2. The largest absolute Gasteiger partial charge is 0.497 e. The smallest absolute Gasteiger partial charge is 0.253 e. The van der Waals surface area contributed by atoms with Gasteiger partial charge in [-0.2, -0.15) is 0 Å². The quantitative estimate of drug-likeness (QED) is 0.777. The molecule has 2 aromatic rings. The molecule has 1 saturated heterocycles. The summed E-state index contributed by atoms with van der Waals surface area (Å²) < 4.78 is 5.35. The van der Waals surface area contributed by atoms with Gasteiger partial charge in [-0.25, -0.2) is 0 Å². The summed E-state index contributed by atoms with van der Waals surface area (Å²) >= 11 is 6.05. The number of hydrogen-bond donors (Lipinski definition) is 1. The number of halogens is 1. The predicted octanol–water partition coefficient (Wildman–Crippen LogP) is 3.98. The third-order valence-corrected chi connectivity index (χ3v) is 5.46. The third-order valence-electron chi connectivity index (χ3n) is 5.22. The van der Waals surface area contributed by atoms with Crippen LogP contribution in [0, 0.1) is 11.8 Å². The molecule has 6 heteroatoms. The summed E-state index contributed by atoms with van der Waals surface area (Å²) in [6.07, 6.45) is 0. The number of amides is 2. The van der Waals surface area contributed by atoms with Gasteiger partial charge in [0, 0.05) is 36.1 Å². The lowest BCUT2D eigenvalue weighted by Gasteiger charge is -2.19. The van der Waals surface area contributed by atoms with E-state index in [0.717, 1.165) is 11.3 Å². The van der Waals surface area contributed by atoms with E-state index in [1.807, 2.05) is 24.3 Å². The van der Waals surface area contributed by atoms with Gasteiger partial charge >= 0.3 is 0 Å². The molecule has 0 radical (unpaired) electrons. The molecule has 2 unspecified atom stereocenters. The highest BCUT2D eigenvalue weighted by Crippen LogP contribution is 2.35. The highest BCUT2D eigenvalue weighted by Gasteiger charge is 2.40. The molecule has 0 spiro atoms. The first kappa shape index (κ1) is 21.2. The first-order chi connectivity index (χ1) is 13.9. The zero-order valence-corrected chi connectivity index (χ0v) is 17.8. The average Bonchev–Trinajstić information content (AvgIpc) is 3.17. The van der Waals surface area contributed by atoms with Crippen molar-refractivity contribution in [2.24, 2.45) is 11.8 Å². The van der Waals surface area contributed by atoms with Gasteiger partial charge in [0.2, 0.25) is 5.91 Å². The van der Waals surface area contributed by atoms with Gasteiger partial charge in [0.05, 0.1) is 13.0 Å². The van der Waals surface area contributed by atoms with E-state index in [9.17, 15) is 9.59 Å². The van der Waals surface area contributed by atoms with E-state index in [1.54, 1.807) is 36.3 Å². The van der Waals surface area contributed by atoms with Gasteiger partial charge in [0.25, 0.3) is 5.91 Å². The molecule has 5 nitrogen and oxygen atoms in total. The van der Waals surface area contributed by atoms with E-state index in [1.165, 1.54) is 0 Å². The van der Waals surface area contributed by atoms with Crippen molar-refractivity contribution in [3.05, 3.63) is 64.7 Å². The summed E-state index contributed by atoms with van der Waals surface area (Å²) in [6.45, 7) is 5.57. The Bertz CT molecular complexity index is 884. The average molecular weight is 415 g/mol. The first-order valence-electron chi connectivity index (χ1n) is 9.85. The summed E-state index contributed by atoms with van der Waals surface area (Å²) in [7, 11) is 1.62. The number of nitrogens with zero attached hydrogens (tertiary/aromatic N) is 1. The Balaban J connectivity index is 1.86. The van der Waals surface area contributed by atoms with Crippen LogP contribution in [0.1, 0.15) is 35.7 Å². The molecule has 1 heterocycles. The summed E-state index contributed by atoms with van der Waals surface area (Å²) in [5.74, 6) is 0.556. The van der Waals surface area contributed by atoms with E-state index in [-0.39, 0.29) is 23.7 Å². The topological polar surface area (TPSA) is 58.6 Å². The van der Waals surface area contributed by atoms with Crippen molar-refractivity contribution < 1.29 is 14.3 Å². The monoisotopic (exact) mass is 414 g/mol. The van der Waals surface area contributed by atoms with Crippen LogP contribution in [-0.4, -0.2) is 43.5 Å². The van der Waals surface area contributed by atoms with Gasteiger partial charge < -0.3 is 15.0 Å². The lowest BCUT2D eigenvalue weighted by Crippen LogP contribution is -2.37. The van der Waals surface area contributed by atoms with Crippen LogP contribution in [0.25, 0.3) is 0 Å². The summed E-state index contributed by atoms with van der Waals surface area (Å²) in [5.41, 5.74) is 1.53. The highest BCUT2D eigenvalue weighted by atomic mass is 35.5. The molecule has 3 rings (SSSR count).